The predicted molar refractivity (Wildman–Crippen MR) is 69.1 cm³/mol. The van der Waals surface area contributed by atoms with Gasteiger partial charge >= 0.3 is 0 Å². The number of halogens is 1. The summed E-state index contributed by atoms with van der Waals surface area (Å²) in [7, 11) is 0. The molecule has 2 nitrogen and oxygen atoms in total. The van der Waals surface area contributed by atoms with Crippen molar-refractivity contribution in [2.75, 3.05) is 13.2 Å². The van der Waals surface area contributed by atoms with Gasteiger partial charge in [-0.1, -0.05) is 11.6 Å². The molecule has 1 atom stereocenters. The molecular formula is C12H18ClNOS. The summed E-state index contributed by atoms with van der Waals surface area (Å²) in [6, 6.07) is 4.75. The minimum Gasteiger partial charge on any atom is -0.396 e. The first kappa shape index (κ1) is 12.4. The number of aliphatic hydroxyl groups excluding tert-OH is 1. The molecule has 1 fully saturated rings. The van der Waals surface area contributed by atoms with Crippen molar-refractivity contribution in [3.63, 3.8) is 0 Å². The Morgan fingerprint density at radius 2 is 2.38 bits per heavy atom. The summed E-state index contributed by atoms with van der Waals surface area (Å²) in [5.41, 5.74) is 0. The van der Waals surface area contributed by atoms with E-state index in [1.807, 2.05) is 6.07 Å². The maximum atomic E-state index is 8.87. The van der Waals surface area contributed by atoms with E-state index < -0.39 is 0 Å². The lowest BCUT2D eigenvalue weighted by atomic mass is 10.1. The zero-order valence-corrected chi connectivity index (χ0v) is 10.9. The first-order valence-corrected chi connectivity index (χ1v) is 7.08. The van der Waals surface area contributed by atoms with Crippen molar-refractivity contribution in [3.05, 3.63) is 21.3 Å². The van der Waals surface area contributed by atoms with E-state index in [9.17, 15) is 0 Å². The average Bonchev–Trinajstić information content (AvgIpc) is 2.86. The standard InChI is InChI=1S/C12H18ClNOS/c13-12-6-5-11(16-12)9-14-7-1-3-10(14)4-2-8-15/h5-6,10,15H,1-4,7-9H2. The first-order chi connectivity index (χ1) is 7.79. The lowest BCUT2D eigenvalue weighted by molar-refractivity contribution is 0.211. The molecule has 0 spiro atoms. The SMILES string of the molecule is OCCCC1CCCN1Cc1ccc(Cl)s1. The quantitative estimate of drug-likeness (QED) is 0.878. The molecule has 0 amide bonds. The van der Waals surface area contributed by atoms with Crippen LogP contribution in [0.2, 0.25) is 4.34 Å². The molecule has 90 valence electrons. The van der Waals surface area contributed by atoms with Crippen LogP contribution in [0.3, 0.4) is 0 Å². The second-order valence-electron chi connectivity index (χ2n) is 4.34. The van der Waals surface area contributed by atoms with Gasteiger partial charge in [0.1, 0.15) is 0 Å². The molecule has 1 aliphatic heterocycles. The van der Waals surface area contributed by atoms with E-state index in [1.54, 1.807) is 11.3 Å². The summed E-state index contributed by atoms with van der Waals surface area (Å²) >= 11 is 7.61. The third kappa shape index (κ3) is 3.20. The van der Waals surface area contributed by atoms with E-state index >= 15 is 0 Å². The maximum Gasteiger partial charge on any atom is 0.0931 e. The lowest BCUT2D eigenvalue weighted by Crippen LogP contribution is -2.28. The van der Waals surface area contributed by atoms with Crippen molar-refractivity contribution in [1.29, 1.82) is 0 Å². The Hall–Kier alpha value is -0.0900. The van der Waals surface area contributed by atoms with Crippen LogP contribution in [0, 0.1) is 0 Å². The van der Waals surface area contributed by atoms with Gasteiger partial charge in [0.2, 0.25) is 0 Å². The topological polar surface area (TPSA) is 23.5 Å². The Morgan fingerprint density at radius 1 is 1.50 bits per heavy atom. The number of hydrogen-bond donors (Lipinski definition) is 1. The fraction of sp³-hybridized carbons (Fsp3) is 0.667. The van der Waals surface area contributed by atoms with E-state index in [2.05, 4.69) is 11.0 Å². The normalized spacial score (nSPS) is 21.8. The van der Waals surface area contributed by atoms with Crippen LogP contribution in [0.4, 0.5) is 0 Å². The minimum atomic E-state index is 0.315. The molecule has 2 heterocycles. The fourth-order valence-corrected chi connectivity index (χ4v) is 3.51. The Morgan fingerprint density at radius 3 is 3.06 bits per heavy atom. The summed E-state index contributed by atoms with van der Waals surface area (Å²) in [5.74, 6) is 0. The van der Waals surface area contributed by atoms with Gasteiger partial charge in [0, 0.05) is 24.1 Å². The largest absolute Gasteiger partial charge is 0.396 e. The Bertz CT molecular complexity index is 329. The van der Waals surface area contributed by atoms with Gasteiger partial charge in [-0.2, -0.15) is 0 Å². The van der Waals surface area contributed by atoms with E-state index in [-0.39, 0.29) is 0 Å². The molecule has 1 aromatic heterocycles. The fourth-order valence-electron chi connectivity index (χ4n) is 2.39. The minimum absolute atomic E-state index is 0.315. The molecule has 16 heavy (non-hydrogen) atoms. The molecule has 1 unspecified atom stereocenters. The molecule has 1 aliphatic rings. The van der Waals surface area contributed by atoms with Crippen LogP contribution in [0.25, 0.3) is 0 Å². The second kappa shape index (κ2) is 6.01. The van der Waals surface area contributed by atoms with Gasteiger partial charge in [-0.15, -0.1) is 11.3 Å². The van der Waals surface area contributed by atoms with Gasteiger partial charge in [0.15, 0.2) is 0 Å². The van der Waals surface area contributed by atoms with Crippen LogP contribution in [0.5, 0.6) is 0 Å². The number of rotatable bonds is 5. The molecule has 4 heteroatoms. The number of likely N-dealkylation sites (tertiary alicyclic amines) is 1. The Balaban J connectivity index is 1.88. The van der Waals surface area contributed by atoms with E-state index in [0.717, 1.165) is 23.7 Å². The zero-order valence-electron chi connectivity index (χ0n) is 9.36. The molecule has 2 rings (SSSR count). The summed E-state index contributed by atoms with van der Waals surface area (Å²) < 4.78 is 0.876. The number of hydrogen-bond acceptors (Lipinski definition) is 3. The molecule has 1 aromatic rings. The lowest BCUT2D eigenvalue weighted by Gasteiger charge is -2.23. The summed E-state index contributed by atoms with van der Waals surface area (Å²) in [6.45, 7) is 2.52. The summed E-state index contributed by atoms with van der Waals surface area (Å²) in [4.78, 5) is 3.87. The predicted octanol–water partition coefficient (Wildman–Crippen LogP) is 3.14. The molecule has 0 saturated carbocycles. The van der Waals surface area contributed by atoms with Gasteiger partial charge in [0.25, 0.3) is 0 Å². The van der Waals surface area contributed by atoms with Crippen LogP contribution in [0.15, 0.2) is 12.1 Å². The molecule has 0 aliphatic carbocycles. The second-order valence-corrected chi connectivity index (χ2v) is 6.14. The molecule has 1 saturated heterocycles. The van der Waals surface area contributed by atoms with Gasteiger partial charge in [-0.3, -0.25) is 4.90 Å². The van der Waals surface area contributed by atoms with Crippen LogP contribution in [-0.4, -0.2) is 29.2 Å². The Labute approximate surface area is 106 Å². The molecule has 0 radical (unpaired) electrons. The number of thiophene rings is 1. The number of nitrogens with zero attached hydrogens (tertiary/aromatic N) is 1. The summed E-state index contributed by atoms with van der Waals surface area (Å²) in [5, 5.41) is 8.87. The third-order valence-electron chi connectivity index (χ3n) is 3.18. The molecule has 0 aromatic carbocycles. The van der Waals surface area contributed by atoms with Crippen molar-refractivity contribution in [1.82, 2.24) is 4.90 Å². The highest BCUT2D eigenvalue weighted by molar-refractivity contribution is 7.16. The van der Waals surface area contributed by atoms with Gasteiger partial charge < -0.3 is 5.11 Å². The molecule has 0 bridgehead atoms. The van der Waals surface area contributed by atoms with Gasteiger partial charge in [0.05, 0.1) is 4.34 Å². The van der Waals surface area contributed by atoms with Crippen LogP contribution in [0.1, 0.15) is 30.6 Å². The van der Waals surface area contributed by atoms with Crippen molar-refractivity contribution < 1.29 is 5.11 Å². The molecule has 1 N–H and O–H groups in total. The monoisotopic (exact) mass is 259 g/mol. The van der Waals surface area contributed by atoms with Crippen molar-refractivity contribution in [3.8, 4) is 0 Å². The highest BCUT2D eigenvalue weighted by Crippen LogP contribution is 2.27. The maximum absolute atomic E-state index is 8.87. The van der Waals surface area contributed by atoms with Gasteiger partial charge in [-0.05, 0) is 44.4 Å². The van der Waals surface area contributed by atoms with Crippen molar-refractivity contribution >= 4 is 22.9 Å². The van der Waals surface area contributed by atoms with Gasteiger partial charge in [-0.25, -0.2) is 0 Å². The van der Waals surface area contributed by atoms with Crippen molar-refractivity contribution in [2.24, 2.45) is 0 Å². The third-order valence-corrected chi connectivity index (χ3v) is 4.40. The molecular weight excluding hydrogens is 242 g/mol. The Kier molecular flexibility index (Phi) is 4.65. The smallest absolute Gasteiger partial charge is 0.0931 e. The number of aliphatic hydroxyl groups is 1. The van der Waals surface area contributed by atoms with Crippen LogP contribution in [-0.2, 0) is 6.54 Å². The van der Waals surface area contributed by atoms with E-state index in [4.69, 9.17) is 16.7 Å². The first-order valence-electron chi connectivity index (χ1n) is 5.88. The van der Waals surface area contributed by atoms with Crippen LogP contribution >= 0.6 is 22.9 Å². The van der Waals surface area contributed by atoms with E-state index in [0.29, 0.717) is 12.6 Å². The average molecular weight is 260 g/mol. The zero-order chi connectivity index (χ0) is 11.4. The van der Waals surface area contributed by atoms with E-state index in [1.165, 1.54) is 24.3 Å². The summed E-state index contributed by atoms with van der Waals surface area (Å²) in [6.07, 6.45) is 4.61. The van der Waals surface area contributed by atoms with Crippen LogP contribution < -0.4 is 0 Å². The van der Waals surface area contributed by atoms with Crippen molar-refractivity contribution in [2.45, 2.75) is 38.3 Å². The highest BCUT2D eigenvalue weighted by atomic mass is 35.5. The highest BCUT2D eigenvalue weighted by Gasteiger charge is 2.24.